The average molecular weight is 669 g/mol. The Morgan fingerprint density at radius 1 is 0.288 bits per heavy atom. The third kappa shape index (κ3) is 5.09. The summed E-state index contributed by atoms with van der Waals surface area (Å²) < 4.78 is 13.2. The van der Waals surface area contributed by atoms with Crippen molar-refractivity contribution in [2.24, 2.45) is 0 Å². The number of nitrogens with zero attached hydrogens (tertiary/aromatic N) is 2. The third-order valence-corrected chi connectivity index (χ3v) is 9.82. The van der Waals surface area contributed by atoms with Crippen molar-refractivity contribution >= 4 is 78.0 Å². The van der Waals surface area contributed by atoms with Crippen molar-refractivity contribution in [3.05, 3.63) is 194 Å². The lowest BCUT2D eigenvalue weighted by atomic mass is 10.0. The molecule has 0 fully saturated rings. The van der Waals surface area contributed by atoms with Crippen LogP contribution in [0.4, 0.5) is 34.1 Å². The number of rotatable bonds is 7. The molecule has 0 aliphatic rings. The maximum absolute atomic E-state index is 6.91. The Balaban J connectivity index is 1.13. The predicted molar refractivity (Wildman–Crippen MR) is 216 cm³/mol. The van der Waals surface area contributed by atoms with E-state index in [2.05, 4.69) is 186 Å². The summed E-state index contributed by atoms with van der Waals surface area (Å²) in [4.78, 5) is 4.54. The molecule has 10 rings (SSSR count). The average Bonchev–Trinajstić information content (AvgIpc) is 3.78. The summed E-state index contributed by atoms with van der Waals surface area (Å²) in [5, 5.41) is 4.34. The zero-order valence-corrected chi connectivity index (χ0v) is 28.2. The second kappa shape index (κ2) is 12.4. The molecule has 0 N–H and O–H groups in total. The van der Waals surface area contributed by atoms with E-state index in [0.717, 1.165) is 83.6 Å². The fourth-order valence-corrected chi connectivity index (χ4v) is 7.42. The molecule has 0 atom stereocenters. The highest BCUT2D eigenvalue weighted by Gasteiger charge is 2.21. The minimum Gasteiger partial charge on any atom is -0.456 e. The maximum atomic E-state index is 6.91. The second-order valence-corrected chi connectivity index (χ2v) is 13.0. The zero-order valence-electron chi connectivity index (χ0n) is 28.2. The number of fused-ring (bicyclic) bond motifs is 6. The molecule has 0 radical (unpaired) electrons. The van der Waals surface area contributed by atoms with Crippen molar-refractivity contribution in [2.75, 3.05) is 9.80 Å². The van der Waals surface area contributed by atoms with Crippen molar-refractivity contribution in [1.82, 2.24) is 0 Å². The molecular formula is C48H32N2O2. The van der Waals surface area contributed by atoms with E-state index in [0.29, 0.717) is 0 Å². The first-order valence-corrected chi connectivity index (χ1v) is 17.5. The van der Waals surface area contributed by atoms with Gasteiger partial charge < -0.3 is 18.6 Å². The van der Waals surface area contributed by atoms with Gasteiger partial charge in [0.25, 0.3) is 0 Å². The lowest BCUT2D eigenvalue weighted by Gasteiger charge is -2.26. The molecule has 0 saturated carbocycles. The summed E-state index contributed by atoms with van der Waals surface area (Å²) in [6.07, 6.45) is 0. The molecule has 4 heteroatoms. The van der Waals surface area contributed by atoms with Crippen molar-refractivity contribution in [3.63, 3.8) is 0 Å². The van der Waals surface area contributed by atoms with Gasteiger partial charge >= 0.3 is 0 Å². The van der Waals surface area contributed by atoms with Gasteiger partial charge in [0.15, 0.2) is 5.58 Å². The Hall–Kier alpha value is -7.04. The number of benzene rings is 8. The van der Waals surface area contributed by atoms with Crippen LogP contribution < -0.4 is 9.80 Å². The van der Waals surface area contributed by atoms with E-state index in [1.165, 1.54) is 5.56 Å². The van der Waals surface area contributed by atoms with E-state index in [-0.39, 0.29) is 0 Å². The van der Waals surface area contributed by atoms with Gasteiger partial charge in [-0.05, 0) is 83.9 Å². The van der Waals surface area contributed by atoms with Crippen molar-refractivity contribution in [2.45, 2.75) is 0 Å². The minimum atomic E-state index is 0.816. The van der Waals surface area contributed by atoms with Crippen molar-refractivity contribution in [1.29, 1.82) is 0 Å². The minimum absolute atomic E-state index is 0.816. The molecule has 0 bridgehead atoms. The fraction of sp³-hybridized carbons (Fsp3) is 0. The van der Waals surface area contributed by atoms with Gasteiger partial charge in [-0.2, -0.15) is 0 Å². The lowest BCUT2D eigenvalue weighted by molar-refractivity contribution is 0.669. The summed E-state index contributed by atoms with van der Waals surface area (Å²) in [7, 11) is 0. The largest absolute Gasteiger partial charge is 0.456 e. The highest BCUT2D eigenvalue weighted by atomic mass is 16.3. The van der Waals surface area contributed by atoms with Gasteiger partial charge in [0, 0.05) is 62.1 Å². The topological polar surface area (TPSA) is 32.8 Å². The molecule has 0 saturated heterocycles. The quantitative estimate of drug-likeness (QED) is 0.169. The van der Waals surface area contributed by atoms with Crippen LogP contribution in [-0.4, -0.2) is 0 Å². The molecule has 0 aliphatic heterocycles. The molecule has 0 spiro atoms. The summed E-state index contributed by atoms with van der Waals surface area (Å²) in [5.74, 6) is 0. The molecule has 0 amide bonds. The Bertz CT molecular complexity index is 2860. The third-order valence-electron chi connectivity index (χ3n) is 9.82. The molecule has 2 aromatic heterocycles. The Kier molecular flexibility index (Phi) is 7.10. The van der Waals surface area contributed by atoms with E-state index in [1.54, 1.807) is 0 Å². The first-order chi connectivity index (χ1) is 25.8. The van der Waals surface area contributed by atoms with Gasteiger partial charge in [-0.1, -0.05) is 109 Å². The van der Waals surface area contributed by atoms with E-state index in [9.17, 15) is 0 Å². The normalized spacial score (nSPS) is 11.5. The van der Waals surface area contributed by atoms with Crippen molar-refractivity contribution in [3.8, 4) is 11.1 Å². The first kappa shape index (κ1) is 29.8. The number of para-hydroxylation sites is 4. The summed E-state index contributed by atoms with van der Waals surface area (Å²) in [5.41, 5.74) is 11.8. The standard InChI is InChI=1S/C48H32N2O2/c1-4-14-33(15-5-1)34-16-12-21-37(30-34)50(36-19-8-3-9-20-36)44-24-13-23-43-42-29-27-39(32-47(42)52-48(43)44)49(35-17-6-2-7-18-35)38-26-28-41-40-22-10-11-25-45(40)51-46(41)31-38/h1-32H. The van der Waals surface area contributed by atoms with Crippen LogP contribution in [0, 0.1) is 0 Å². The summed E-state index contributed by atoms with van der Waals surface area (Å²) >= 11 is 0. The highest BCUT2D eigenvalue weighted by Crippen LogP contribution is 2.45. The molecular weight excluding hydrogens is 637 g/mol. The number of hydrogen-bond donors (Lipinski definition) is 0. The molecule has 52 heavy (non-hydrogen) atoms. The van der Waals surface area contributed by atoms with Gasteiger partial charge in [-0.25, -0.2) is 0 Å². The Morgan fingerprint density at radius 2 is 0.788 bits per heavy atom. The Morgan fingerprint density at radius 3 is 1.52 bits per heavy atom. The van der Waals surface area contributed by atoms with Crippen LogP contribution in [0.1, 0.15) is 0 Å². The summed E-state index contributed by atoms with van der Waals surface area (Å²) in [6, 6.07) is 67.7. The van der Waals surface area contributed by atoms with Gasteiger partial charge in [-0.15, -0.1) is 0 Å². The van der Waals surface area contributed by atoms with Crippen LogP contribution in [0.2, 0.25) is 0 Å². The summed E-state index contributed by atoms with van der Waals surface area (Å²) in [6.45, 7) is 0. The van der Waals surface area contributed by atoms with Crippen molar-refractivity contribution < 1.29 is 8.83 Å². The SMILES string of the molecule is c1ccc(-c2cccc(N(c3ccccc3)c3cccc4c3oc3cc(N(c5ccccc5)c5ccc6c(c5)oc5ccccc56)ccc34)c2)cc1. The molecule has 8 aromatic carbocycles. The predicted octanol–water partition coefficient (Wildman–Crippen LogP) is 14.1. The van der Waals surface area contributed by atoms with Gasteiger partial charge in [0.1, 0.15) is 16.7 Å². The zero-order chi connectivity index (χ0) is 34.4. The van der Waals surface area contributed by atoms with Crippen LogP contribution in [0.3, 0.4) is 0 Å². The molecule has 2 heterocycles. The van der Waals surface area contributed by atoms with Gasteiger partial charge in [0.05, 0.1) is 5.69 Å². The highest BCUT2D eigenvalue weighted by molar-refractivity contribution is 6.11. The lowest BCUT2D eigenvalue weighted by Crippen LogP contribution is -2.10. The van der Waals surface area contributed by atoms with Crippen LogP contribution in [0.15, 0.2) is 203 Å². The number of anilines is 6. The molecule has 0 aliphatic carbocycles. The number of furan rings is 2. The van der Waals surface area contributed by atoms with E-state index in [1.807, 2.05) is 18.2 Å². The van der Waals surface area contributed by atoms with Gasteiger partial charge in [-0.3, -0.25) is 0 Å². The molecule has 0 unspecified atom stereocenters. The molecule has 4 nitrogen and oxygen atoms in total. The molecule has 246 valence electrons. The van der Waals surface area contributed by atoms with E-state index in [4.69, 9.17) is 8.83 Å². The monoisotopic (exact) mass is 668 g/mol. The Labute approximate surface area is 301 Å². The van der Waals surface area contributed by atoms with Crippen LogP contribution in [0.5, 0.6) is 0 Å². The van der Waals surface area contributed by atoms with Gasteiger partial charge in [0.2, 0.25) is 0 Å². The fourth-order valence-electron chi connectivity index (χ4n) is 7.42. The second-order valence-electron chi connectivity index (χ2n) is 13.0. The first-order valence-electron chi connectivity index (χ1n) is 17.5. The van der Waals surface area contributed by atoms with Crippen LogP contribution in [-0.2, 0) is 0 Å². The smallest absolute Gasteiger partial charge is 0.159 e. The maximum Gasteiger partial charge on any atom is 0.159 e. The van der Waals surface area contributed by atoms with E-state index < -0.39 is 0 Å². The molecule has 10 aromatic rings. The number of hydrogen-bond acceptors (Lipinski definition) is 4. The van der Waals surface area contributed by atoms with Crippen LogP contribution >= 0.6 is 0 Å². The van der Waals surface area contributed by atoms with Crippen LogP contribution in [0.25, 0.3) is 55.0 Å². The van der Waals surface area contributed by atoms with E-state index >= 15 is 0 Å².